The number of ether oxygens (including phenoxy) is 2. The molecule has 6 fully saturated rings. The van der Waals surface area contributed by atoms with Crippen LogP contribution in [0.15, 0.2) is 0 Å². The molecule has 1 spiro atoms. The van der Waals surface area contributed by atoms with E-state index in [1.807, 2.05) is 0 Å². The first-order valence-electron chi connectivity index (χ1n) is 11.7. The molecule has 6 nitrogen and oxygen atoms in total. The molecule has 8 unspecified atom stereocenters. The summed E-state index contributed by atoms with van der Waals surface area (Å²) in [5.74, 6) is 0.553. The molecule has 164 valence electrons. The quantitative estimate of drug-likeness (QED) is 0.642. The molecule has 3 N–H and O–H groups in total. The van der Waals surface area contributed by atoms with Crippen molar-refractivity contribution in [2.24, 2.45) is 40.4 Å². The van der Waals surface area contributed by atoms with E-state index in [0.29, 0.717) is 12.3 Å². The number of aliphatic hydroxyl groups excluding tert-OH is 2. The zero-order chi connectivity index (χ0) is 20.3. The predicted octanol–water partition coefficient (Wildman–Crippen LogP) is 0.877. The number of rotatable bonds is 4. The predicted molar refractivity (Wildman–Crippen MR) is 106 cm³/mol. The number of hydrogen-bond donors (Lipinski definition) is 3. The van der Waals surface area contributed by atoms with E-state index in [1.165, 1.54) is 0 Å². The summed E-state index contributed by atoms with van der Waals surface area (Å²) < 4.78 is 11.6. The number of hydrogen-bond acceptors (Lipinski definition) is 6. The number of fused-ring (bicyclic) bond motifs is 2. The van der Waals surface area contributed by atoms with Gasteiger partial charge in [-0.2, -0.15) is 0 Å². The van der Waals surface area contributed by atoms with E-state index in [1.54, 1.807) is 14.2 Å². The van der Waals surface area contributed by atoms with Crippen molar-refractivity contribution in [3.05, 3.63) is 0 Å². The first-order valence-corrected chi connectivity index (χ1v) is 11.7. The Morgan fingerprint density at radius 1 is 1.14 bits per heavy atom. The van der Waals surface area contributed by atoms with Gasteiger partial charge in [0.05, 0.1) is 30.5 Å². The maximum atomic E-state index is 12.2. The van der Waals surface area contributed by atoms with E-state index in [0.717, 1.165) is 45.4 Å². The van der Waals surface area contributed by atoms with Crippen LogP contribution in [0.3, 0.4) is 0 Å². The van der Waals surface area contributed by atoms with Gasteiger partial charge in [0.2, 0.25) is 0 Å². The lowest BCUT2D eigenvalue weighted by molar-refractivity contribution is -0.272. The molecular weight excluding hydrogens is 370 g/mol. The van der Waals surface area contributed by atoms with Gasteiger partial charge in [-0.05, 0) is 44.1 Å². The van der Waals surface area contributed by atoms with Gasteiger partial charge in [0.15, 0.2) is 0 Å². The van der Waals surface area contributed by atoms with Crippen LogP contribution >= 0.6 is 0 Å². The molecule has 0 aromatic rings. The van der Waals surface area contributed by atoms with Gasteiger partial charge in [-0.1, -0.05) is 6.92 Å². The zero-order valence-corrected chi connectivity index (χ0v) is 18.0. The average Bonchev–Trinajstić information content (AvgIpc) is 3.13. The minimum atomic E-state index is -0.901. The zero-order valence-electron chi connectivity index (χ0n) is 18.0. The fourth-order valence-corrected chi connectivity index (χ4v) is 10.4. The molecule has 5 saturated carbocycles. The topological polar surface area (TPSA) is 82.4 Å². The Hall–Kier alpha value is -0.240. The number of aliphatic hydroxyl groups is 3. The Kier molecular flexibility index (Phi) is 4.00. The van der Waals surface area contributed by atoms with Crippen molar-refractivity contribution in [3.8, 4) is 0 Å². The summed E-state index contributed by atoms with van der Waals surface area (Å²) in [6.45, 7) is 4.88. The Morgan fingerprint density at radius 3 is 2.62 bits per heavy atom. The molecule has 6 rings (SSSR count). The van der Waals surface area contributed by atoms with Crippen LogP contribution in [-0.2, 0) is 9.47 Å². The van der Waals surface area contributed by atoms with E-state index in [-0.39, 0.29) is 52.8 Å². The molecule has 1 heterocycles. The lowest BCUT2D eigenvalue weighted by Gasteiger charge is -2.69. The summed E-state index contributed by atoms with van der Waals surface area (Å²) >= 11 is 0. The first-order chi connectivity index (χ1) is 13.9. The summed E-state index contributed by atoms with van der Waals surface area (Å²) in [6, 6.07) is 0.200. The number of methoxy groups -OCH3 is 2. The summed E-state index contributed by atoms with van der Waals surface area (Å²) in [6.07, 6.45) is 3.27. The molecule has 1 saturated heterocycles. The van der Waals surface area contributed by atoms with Crippen molar-refractivity contribution in [2.75, 3.05) is 33.9 Å². The van der Waals surface area contributed by atoms with Crippen molar-refractivity contribution >= 4 is 0 Å². The van der Waals surface area contributed by atoms with Crippen LogP contribution in [0.4, 0.5) is 0 Å². The summed E-state index contributed by atoms with van der Waals surface area (Å²) in [4.78, 5) is 2.57. The van der Waals surface area contributed by atoms with Crippen LogP contribution in [0.5, 0.6) is 0 Å². The number of nitrogens with zero attached hydrogens (tertiary/aromatic N) is 1. The minimum Gasteiger partial charge on any atom is -0.392 e. The molecule has 0 amide bonds. The summed E-state index contributed by atoms with van der Waals surface area (Å²) in [5, 5.41) is 35.2. The lowest BCUT2D eigenvalue weighted by atomic mass is 9.43. The van der Waals surface area contributed by atoms with Crippen molar-refractivity contribution in [1.82, 2.24) is 4.90 Å². The maximum absolute atomic E-state index is 12.2. The highest BCUT2D eigenvalue weighted by Crippen LogP contribution is 2.78. The van der Waals surface area contributed by atoms with Gasteiger partial charge in [0.25, 0.3) is 0 Å². The summed E-state index contributed by atoms with van der Waals surface area (Å²) in [5.41, 5.74) is -1.08. The van der Waals surface area contributed by atoms with E-state index in [2.05, 4.69) is 11.8 Å². The minimum absolute atomic E-state index is 0.0495. The van der Waals surface area contributed by atoms with Gasteiger partial charge < -0.3 is 24.8 Å². The van der Waals surface area contributed by atoms with Crippen LogP contribution in [-0.4, -0.2) is 84.1 Å². The van der Waals surface area contributed by atoms with Crippen molar-refractivity contribution in [1.29, 1.82) is 0 Å². The largest absolute Gasteiger partial charge is 0.392 e. The Balaban J connectivity index is 1.57. The molecule has 6 heteroatoms. The fourth-order valence-electron chi connectivity index (χ4n) is 10.4. The van der Waals surface area contributed by atoms with Crippen LogP contribution in [0.1, 0.15) is 39.0 Å². The second-order valence-electron chi connectivity index (χ2n) is 11.2. The van der Waals surface area contributed by atoms with Gasteiger partial charge in [0, 0.05) is 61.8 Å². The standard InChI is InChI=1S/C23H37NO5/c1-4-24-10-21(11-28-2)6-5-17(25)23-13-7-12-15(29-3)9-22(27,18(13)19(12)26)14(20(23)24)8-16(21)23/h12-20,25-27H,4-11H2,1-3H3/t12-,13?,14?,15+,16?,17?,18?,19?,20?,21-,22+,23?/m1/s1. The maximum Gasteiger partial charge on any atom is 0.0771 e. The van der Waals surface area contributed by atoms with E-state index in [4.69, 9.17) is 9.47 Å². The molecule has 0 aromatic heterocycles. The smallest absolute Gasteiger partial charge is 0.0771 e. The normalized spacial score (nSPS) is 62.5. The molecule has 29 heavy (non-hydrogen) atoms. The van der Waals surface area contributed by atoms with Crippen molar-refractivity contribution < 1.29 is 24.8 Å². The second-order valence-corrected chi connectivity index (χ2v) is 11.2. The highest BCUT2D eigenvalue weighted by Gasteiger charge is 2.83. The molecule has 12 atom stereocenters. The number of likely N-dealkylation sites (tertiary alicyclic amines) is 1. The van der Waals surface area contributed by atoms with Crippen LogP contribution in [0, 0.1) is 40.4 Å². The van der Waals surface area contributed by atoms with Gasteiger partial charge in [0.1, 0.15) is 0 Å². The molecular formula is C23H37NO5. The van der Waals surface area contributed by atoms with Crippen molar-refractivity contribution in [2.45, 2.75) is 69.0 Å². The van der Waals surface area contributed by atoms with Crippen LogP contribution in [0.25, 0.3) is 0 Å². The van der Waals surface area contributed by atoms with Gasteiger partial charge in [-0.15, -0.1) is 0 Å². The van der Waals surface area contributed by atoms with Crippen molar-refractivity contribution in [3.63, 3.8) is 0 Å². The van der Waals surface area contributed by atoms with Crippen LogP contribution < -0.4 is 0 Å². The third-order valence-corrected chi connectivity index (χ3v) is 10.9. The van der Waals surface area contributed by atoms with E-state index in [9.17, 15) is 15.3 Å². The molecule has 7 bridgehead atoms. The van der Waals surface area contributed by atoms with Gasteiger partial charge in [-0.3, -0.25) is 4.90 Å². The Bertz CT molecular complexity index is 705. The third-order valence-electron chi connectivity index (χ3n) is 10.9. The second kappa shape index (κ2) is 5.96. The molecule has 0 aromatic carbocycles. The van der Waals surface area contributed by atoms with E-state index >= 15 is 0 Å². The first kappa shape index (κ1) is 19.4. The SMILES string of the molecule is CCN1C[C@@]2(COC)CCC(O)C34C5C[C@H]6C(O)C5[C@](O)(C[C@@H]6OC)C(CC32)C14. The molecule has 1 aliphatic heterocycles. The Morgan fingerprint density at radius 2 is 1.93 bits per heavy atom. The molecule has 0 radical (unpaired) electrons. The van der Waals surface area contributed by atoms with Gasteiger partial charge >= 0.3 is 0 Å². The van der Waals surface area contributed by atoms with Gasteiger partial charge in [-0.25, -0.2) is 0 Å². The molecule has 5 aliphatic carbocycles. The highest BCUT2D eigenvalue weighted by atomic mass is 16.5. The molecule has 6 aliphatic rings. The highest BCUT2D eigenvalue weighted by molar-refractivity contribution is 5.33. The van der Waals surface area contributed by atoms with Crippen LogP contribution in [0.2, 0.25) is 0 Å². The lowest BCUT2D eigenvalue weighted by Crippen LogP contribution is -2.76. The fraction of sp³-hybridized carbons (Fsp3) is 1.00. The Labute approximate surface area is 173 Å². The van der Waals surface area contributed by atoms with E-state index < -0.39 is 11.7 Å². The average molecular weight is 408 g/mol. The monoisotopic (exact) mass is 407 g/mol. The summed E-state index contributed by atoms with van der Waals surface area (Å²) in [7, 11) is 3.52. The third kappa shape index (κ3) is 1.93. The number of piperidine rings is 1.